The van der Waals surface area contributed by atoms with Crippen molar-refractivity contribution in [1.29, 1.82) is 0 Å². The van der Waals surface area contributed by atoms with Crippen LogP contribution in [-0.2, 0) is 16.4 Å². The van der Waals surface area contributed by atoms with Crippen LogP contribution in [0.15, 0.2) is 23.2 Å². The standard InChI is InChI=1S/C17H28N4O3S.HI/c1-14-4-5-15(16(12-14)24-3)13-20-17(18-2)19-6-7-21-8-10-25(22,23)11-9-21;/h4-5,12H,6-11,13H2,1-3H3,(H2,18,19,20);1H. The summed E-state index contributed by atoms with van der Waals surface area (Å²) in [6.45, 7) is 5.37. The van der Waals surface area contributed by atoms with Crippen molar-refractivity contribution in [3.8, 4) is 5.75 Å². The molecule has 0 bridgehead atoms. The lowest BCUT2D eigenvalue weighted by Gasteiger charge is -2.26. The fourth-order valence-electron chi connectivity index (χ4n) is 2.70. The van der Waals surface area contributed by atoms with Gasteiger partial charge in [-0.25, -0.2) is 8.42 Å². The molecule has 1 aliphatic heterocycles. The Morgan fingerprint density at radius 1 is 1.27 bits per heavy atom. The number of nitrogens with one attached hydrogen (secondary N) is 2. The number of halogens is 1. The van der Waals surface area contributed by atoms with Crippen molar-refractivity contribution in [3.05, 3.63) is 29.3 Å². The number of aliphatic imine (C=N–C) groups is 1. The van der Waals surface area contributed by atoms with E-state index in [1.165, 1.54) is 0 Å². The summed E-state index contributed by atoms with van der Waals surface area (Å²) in [5.41, 5.74) is 2.23. The van der Waals surface area contributed by atoms with Gasteiger partial charge in [0.15, 0.2) is 15.8 Å². The first-order valence-electron chi connectivity index (χ1n) is 8.44. The van der Waals surface area contributed by atoms with E-state index in [0.29, 0.717) is 32.1 Å². The van der Waals surface area contributed by atoms with E-state index >= 15 is 0 Å². The van der Waals surface area contributed by atoms with Crippen molar-refractivity contribution in [1.82, 2.24) is 15.5 Å². The van der Waals surface area contributed by atoms with E-state index in [0.717, 1.165) is 23.4 Å². The molecule has 7 nitrogen and oxygen atoms in total. The van der Waals surface area contributed by atoms with Gasteiger partial charge in [-0.3, -0.25) is 9.89 Å². The Labute approximate surface area is 173 Å². The molecule has 0 aliphatic carbocycles. The van der Waals surface area contributed by atoms with Crippen molar-refractivity contribution >= 4 is 39.8 Å². The highest BCUT2D eigenvalue weighted by molar-refractivity contribution is 14.0. The van der Waals surface area contributed by atoms with Gasteiger partial charge in [-0.15, -0.1) is 24.0 Å². The lowest BCUT2D eigenvalue weighted by atomic mass is 10.1. The topological polar surface area (TPSA) is 83.0 Å². The second-order valence-electron chi connectivity index (χ2n) is 6.16. The fraction of sp³-hybridized carbons (Fsp3) is 0.588. The van der Waals surface area contributed by atoms with Gasteiger partial charge in [0.05, 0.1) is 18.6 Å². The number of sulfone groups is 1. The van der Waals surface area contributed by atoms with Crippen LogP contribution in [0.4, 0.5) is 0 Å². The van der Waals surface area contributed by atoms with Crippen LogP contribution < -0.4 is 15.4 Å². The van der Waals surface area contributed by atoms with E-state index in [9.17, 15) is 8.42 Å². The predicted molar refractivity (Wildman–Crippen MR) is 116 cm³/mol. The Morgan fingerprint density at radius 2 is 1.96 bits per heavy atom. The predicted octanol–water partition coefficient (Wildman–Crippen LogP) is 1.02. The van der Waals surface area contributed by atoms with E-state index in [2.05, 4.69) is 26.6 Å². The molecule has 0 spiro atoms. The van der Waals surface area contributed by atoms with Gasteiger partial charge in [-0.2, -0.15) is 0 Å². The van der Waals surface area contributed by atoms with Crippen LogP contribution in [0.3, 0.4) is 0 Å². The molecule has 1 aromatic rings. The van der Waals surface area contributed by atoms with Gasteiger partial charge in [0.25, 0.3) is 0 Å². The van der Waals surface area contributed by atoms with Gasteiger partial charge in [-0.1, -0.05) is 12.1 Å². The summed E-state index contributed by atoms with van der Waals surface area (Å²) in [4.78, 5) is 6.38. The minimum atomic E-state index is -2.82. The first-order chi connectivity index (χ1) is 11.9. The lowest BCUT2D eigenvalue weighted by molar-refractivity contribution is 0.299. The zero-order valence-electron chi connectivity index (χ0n) is 15.6. The number of hydrogen-bond donors (Lipinski definition) is 2. The van der Waals surface area contributed by atoms with Crippen LogP contribution in [0, 0.1) is 6.92 Å². The van der Waals surface area contributed by atoms with Gasteiger partial charge < -0.3 is 15.4 Å². The smallest absolute Gasteiger partial charge is 0.191 e. The minimum absolute atomic E-state index is 0. The molecule has 26 heavy (non-hydrogen) atoms. The third kappa shape index (κ3) is 7.28. The highest BCUT2D eigenvalue weighted by Crippen LogP contribution is 2.19. The van der Waals surface area contributed by atoms with E-state index in [-0.39, 0.29) is 35.5 Å². The van der Waals surface area contributed by atoms with E-state index in [4.69, 9.17) is 4.74 Å². The van der Waals surface area contributed by atoms with Crippen LogP contribution in [0.2, 0.25) is 0 Å². The van der Waals surface area contributed by atoms with Crippen LogP contribution in [0.5, 0.6) is 5.75 Å². The zero-order valence-corrected chi connectivity index (χ0v) is 18.8. The molecule has 1 fully saturated rings. The SMILES string of the molecule is CN=C(NCCN1CCS(=O)(=O)CC1)NCc1ccc(C)cc1OC.I. The summed E-state index contributed by atoms with van der Waals surface area (Å²) < 4.78 is 28.3. The molecule has 0 unspecified atom stereocenters. The molecule has 1 heterocycles. The van der Waals surface area contributed by atoms with Crippen molar-refractivity contribution in [2.75, 3.05) is 51.8 Å². The van der Waals surface area contributed by atoms with Crippen LogP contribution in [0.1, 0.15) is 11.1 Å². The van der Waals surface area contributed by atoms with Gasteiger partial charge in [0.1, 0.15) is 5.75 Å². The molecule has 1 aliphatic rings. The molecule has 9 heteroatoms. The Bertz CT molecular complexity index is 696. The number of benzene rings is 1. The molecule has 1 aromatic carbocycles. The Kier molecular flexibility index (Phi) is 9.66. The van der Waals surface area contributed by atoms with Gasteiger partial charge in [0, 0.05) is 45.3 Å². The molecule has 2 N–H and O–H groups in total. The average molecular weight is 496 g/mol. The Morgan fingerprint density at radius 3 is 2.58 bits per heavy atom. The number of rotatable bonds is 6. The summed E-state index contributed by atoms with van der Waals surface area (Å²) in [7, 11) is 0.581. The lowest BCUT2D eigenvalue weighted by Crippen LogP contribution is -2.45. The van der Waals surface area contributed by atoms with Gasteiger partial charge in [-0.05, 0) is 18.6 Å². The Balaban J connectivity index is 0.00000338. The second kappa shape index (κ2) is 10.9. The first-order valence-corrected chi connectivity index (χ1v) is 10.3. The maximum Gasteiger partial charge on any atom is 0.191 e. The van der Waals surface area contributed by atoms with Gasteiger partial charge >= 0.3 is 0 Å². The third-order valence-corrected chi connectivity index (χ3v) is 5.88. The van der Waals surface area contributed by atoms with Crippen molar-refractivity contribution in [3.63, 3.8) is 0 Å². The average Bonchev–Trinajstić information content (AvgIpc) is 2.60. The van der Waals surface area contributed by atoms with Crippen LogP contribution >= 0.6 is 24.0 Å². The summed E-state index contributed by atoms with van der Waals surface area (Å²) in [5.74, 6) is 2.09. The number of guanidine groups is 1. The van der Waals surface area contributed by atoms with E-state index < -0.39 is 9.84 Å². The molecule has 0 radical (unpaired) electrons. The highest BCUT2D eigenvalue weighted by atomic mass is 127. The number of aryl methyl sites for hydroxylation is 1. The van der Waals surface area contributed by atoms with E-state index in [1.54, 1.807) is 14.2 Å². The zero-order chi connectivity index (χ0) is 18.3. The number of ether oxygens (including phenoxy) is 1. The largest absolute Gasteiger partial charge is 0.496 e. The molecule has 0 atom stereocenters. The molecule has 2 rings (SSSR count). The molecular formula is C17H29IN4O3S. The number of methoxy groups -OCH3 is 1. The molecular weight excluding hydrogens is 467 g/mol. The molecule has 0 amide bonds. The van der Waals surface area contributed by atoms with Crippen molar-refractivity contribution < 1.29 is 13.2 Å². The monoisotopic (exact) mass is 496 g/mol. The van der Waals surface area contributed by atoms with Gasteiger partial charge in [0.2, 0.25) is 0 Å². The molecule has 148 valence electrons. The summed E-state index contributed by atoms with van der Waals surface area (Å²) in [5, 5.41) is 6.54. The third-order valence-electron chi connectivity index (χ3n) is 4.27. The quantitative estimate of drug-likeness (QED) is 0.348. The fourth-order valence-corrected chi connectivity index (χ4v) is 3.98. The van der Waals surface area contributed by atoms with Crippen molar-refractivity contribution in [2.24, 2.45) is 4.99 Å². The van der Waals surface area contributed by atoms with E-state index in [1.807, 2.05) is 19.1 Å². The second-order valence-corrected chi connectivity index (χ2v) is 8.46. The van der Waals surface area contributed by atoms with Crippen molar-refractivity contribution in [2.45, 2.75) is 13.5 Å². The van der Waals surface area contributed by atoms with Crippen LogP contribution in [-0.4, -0.2) is 71.1 Å². The first kappa shape index (κ1) is 23.0. The highest BCUT2D eigenvalue weighted by Gasteiger charge is 2.20. The summed E-state index contributed by atoms with van der Waals surface area (Å²) >= 11 is 0. The molecule has 1 saturated heterocycles. The Hall–Kier alpha value is -1.07. The minimum Gasteiger partial charge on any atom is -0.496 e. The molecule has 0 saturated carbocycles. The number of nitrogens with zero attached hydrogens (tertiary/aromatic N) is 2. The maximum atomic E-state index is 11.4. The summed E-state index contributed by atoms with van der Waals surface area (Å²) in [6, 6.07) is 6.11. The normalized spacial score (nSPS) is 17.3. The van der Waals surface area contributed by atoms with Crippen LogP contribution in [0.25, 0.3) is 0 Å². The summed E-state index contributed by atoms with van der Waals surface area (Å²) in [6.07, 6.45) is 0. The molecule has 0 aromatic heterocycles. The number of hydrogen-bond acceptors (Lipinski definition) is 5. The maximum absolute atomic E-state index is 11.4.